The number of carbonyl (C=O) groups excluding carboxylic acids is 2. The molecule has 0 aliphatic rings. The predicted octanol–water partition coefficient (Wildman–Crippen LogP) is 11.2. The zero-order valence-corrected chi connectivity index (χ0v) is 33.2. The van der Waals surface area contributed by atoms with E-state index in [0.717, 1.165) is 77.0 Å². The summed E-state index contributed by atoms with van der Waals surface area (Å²) in [6.07, 6.45) is 42.0. The number of carbonyl (C=O) groups is 2. The molecule has 51 heavy (non-hydrogen) atoms. The zero-order valence-electron chi connectivity index (χ0n) is 32.3. The second-order valence-electron chi connectivity index (χ2n) is 13.1. The van der Waals surface area contributed by atoms with Crippen LogP contribution < -0.4 is 5.73 Å². The quantitative estimate of drug-likeness (QED) is 0.0276. The van der Waals surface area contributed by atoms with Gasteiger partial charge < -0.3 is 20.1 Å². The van der Waals surface area contributed by atoms with Crippen molar-refractivity contribution in [2.45, 2.75) is 174 Å². The molecule has 0 heterocycles. The topological polar surface area (TPSA) is 134 Å². The standard InChI is InChI=1S/C41H74NO8P/c1-3-5-7-9-10-11-12-13-14-15-16-17-18-19-20-21-22-23-24-25-26-27-28-30-32-34-41(44)50-39(38-49-51(45,46)48-36-35-42)37-47-40(43)33-31-29-8-6-4-2/h5,7,10-11,13-14,16-17,39H,3-4,6,8-9,12,15,18-38,42H2,1-2H3,(H,45,46)/b7-5-,11-10-,14-13-,17-16-. The normalized spacial score (nSPS) is 13.9. The maximum Gasteiger partial charge on any atom is 0.472 e. The van der Waals surface area contributed by atoms with Crippen LogP contribution in [-0.2, 0) is 32.7 Å². The number of ether oxygens (including phenoxy) is 2. The third-order valence-corrected chi connectivity index (χ3v) is 9.21. The van der Waals surface area contributed by atoms with E-state index in [2.05, 4.69) is 62.5 Å². The molecule has 0 aromatic rings. The van der Waals surface area contributed by atoms with E-state index in [1.165, 1.54) is 57.8 Å². The van der Waals surface area contributed by atoms with Crippen LogP contribution in [0.5, 0.6) is 0 Å². The SMILES string of the molecule is CC/C=C\C/C=C\C/C=C\C/C=C\CCCCCCCCCCCCCCC(=O)OC(COC(=O)CCCCCCC)COP(=O)(O)OCCN. The molecule has 2 atom stereocenters. The van der Waals surface area contributed by atoms with Gasteiger partial charge in [-0.1, -0.05) is 152 Å². The Labute approximate surface area is 311 Å². The van der Waals surface area contributed by atoms with Gasteiger partial charge in [0.1, 0.15) is 6.61 Å². The van der Waals surface area contributed by atoms with E-state index < -0.39 is 32.5 Å². The van der Waals surface area contributed by atoms with Gasteiger partial charge in [-0.25, -0.2) is 4.57 Å². The molecule has 0 fully saturated rings. The fourth-order valence-electron chi connectivity index (χ4n) is 5.27. The van der Waals surface area contributed by atoms with Crippen LogP contribution in [0.2, 0.25) is 0 Å². The van der Waals surface area contributed by atoms with Crippen molar-refractivity contribution in [2.24, 2.45) is 5.73 Å². The minimum absolute atomic E-state index is 0.0524. The average molecular weight is 740 g/mol. The number of unbranched alkanes of at least 4 members (excludes halogenated alkanes) is 16. The lowest BCUT2D eigenvalue weighted by atomic mass is 10.0. The number of rotatable bonds is 37. The summed E-state index contributed by atoms with van der Waals surface area (Å²) >= 11 is 0. The summed E-state index contributed by atoms with van der Waals surface area (Å²) in [6, 6.07) is 0. The first-order chi connectivity index (χ1) is 24.8. The molecule has 3 N–H and O–H groups in total. The molecule has 0 radical (unpaired) electrons. The summed E-state index contributed by atoms with van der Waals surface area (Å²) in [7, 11) is -4.36. The molecule has 2 unspecified atom stereocenters. The fourth-order valence-corrected chi connectivity index (χ4v) is 6.04. The highest BCUT2D eigenvalue weighted by atomic mass is 31.2. The Balaban J connectivity index is 3.94. The number of phosphoric ester groups is 1. The minimum atomic E-state index is -4.36. The van der Waals surface area contributed by atoms with Crippen molar-refractivity contribution in [2.75, 3.05) is 26.4 Å². The number of phosphoric acid groups is 1. The molecular formula is C41H74NO8P. The summed E-state index contributed by atoms with van der Waals surface area (Å²) in [5, 5.41) is 0. The van der Waals surface area contributed by atoms with Gasteiger partial charge in [-0.2, -0.15) is 0 Å². The van der Waals surface area contributed by atoms with E-state index in [0.29, 0.717) is 6.42 Å². The van der Waals surface area contributed by atoms with E-state index in [9.17, 15) is 19.0 Å². The second-order valence-corrected chi connectivity index (χ2v) is 14.6. The number of hydrogen-bond donors (Lipinski definition) is 2. The van der Waals surface area contributed by atoms with E-state index >= 15 is 0 Å². The third-order valence-electron chi connectivity index (χ3n) is 8.23. The predicted molar refractivity (Wildman–Crippen MR) is 210 cm³/mol. The molecule has 0 rings (SSSR count). The van der Waals surface area contributed by atoms with Crippen LogP contribution in [0.15, 0.2) is 48.6 Å². The van der Waals surface area contributed by atoms with Crippen LogP contribution in [0.3, 0.4) is 0 Å². The van der Waals surface area contributed by atoms with Gasteiger partial charge in [-0.05, 0) is 51.4 Å². The molecule has 0 bridgehead atoms. The average Bonchev–Trinajstić information content (AvgIpc) is 3.11. The van der Waals surface area contributed by atoms with E-state index in [1.54, 1.807) is 0 Å². The lowest BCUT2D eigenvalue weighted by Gasteiger charge is -2.19. The lowest BCUT2D eigenvalue weighted by molar-refractivity contribution is -0.161. The van der Waals surface area contributed by atoms with Gasteiger partial charge in [0.25, 0.3) is 0 Å². The summed E-state index contributed by atoms with van der Waals surface area (Å²) in [5.41, 5.74) is 5.32. The largest absolute Gasteiger partial charge is 0.472 e. The Kier molecular flexibility index (Phi) is 36.2. The van der Waals surface area contributed by atoms with Gasteiger partial charge in [-0.15, -0.1) is 0 Å². The molecule has 10 heteroatoms. The molecule has 0 aliphatic carbocycles. The highest BCUT2D eigenvalue weighted by molar-refractivity contribution is 7.47. The van der Waals surface area contributed by atoms with Crippen molar-refractivity contribution in [1.82, 2.24) is 0 Å². The maximum atomic E-state index is 12.5. The molecule has 0 saturated carbocycles. The van der Waals surface area contributed by atoms with E-state index in [-0.39, 0.29) is 32.6 Å². The molecule has 9 nitrogen and oxygen atoms in total. The van der Waals surface area contributed by atoms with Crippen LogP contribution >= 0.6 is 7.82 Å². The summed E-state index contributed by atoms with van der Waals surface area (Å²) in [5.74, 6) is -0.846. The summed E-state index contributed by atoms with van der Waals surface area (Å²) in [4.78, 5) is 34.4. The number of allylic oxidation sites excluding steroid dienone is 8. The van der Waals surface area contributed by atoms with Crippen molar-refractivity contribution in [3.05, 3.63) is 48.6 Å². The Morgan fingerprint density at radius 3 is 1.61 bits per heavy atom. The molecule has 0 amide bonds. The number of hydrogen-bond acceptors (Lipinski definition) is 8. The number of esters is 2. The van der Waals surface area contributed by atoms with E-state index in [1.807, 2.05) is 0 Å². The van der Waals surface area contributed by atoms with Crippen LogP contribution in [0.25, 0.3) is 0 Å². The van der Waals surface area contributed by atoms with Gasteiger partial charge in [-0.3, -0.25) is 18.6 Å². The summed E-state index contributed by atoms with van der Waals surface area (Å²) < 4.78 is 32.5. The van der Waals surface area contributed by atoms with Crippen LogP contribution in [-0.4, -0.2) is 49.3 Å². The molecule has 0 spiro atoms. The fraction of sp³-hybridized carbons (Fsp3) is 0.756. The lowest BCUT2D eigenvalue weighted by Crippen LogP contribution is -2.29. The van der Waals surface area contributed by atoms with Crippen LogP contribution in [0.4, 0.5) is 0 Å². The molecule has 296 valence electrons. The maximum absolute atomic E-state index is 12.5. The first-order valence-electron chi connectivity index (χ1n) is 20.1. The monoisotopic (exact) mass is 740 g/mol. The van der Waals surface area contributed by atoms with Gasteiger partial charge in [0.15, 0.2) is 6.10 Å². The first-order valence-corrected chi connectivity index (χ1v) is 21.6. The van der Waals surface area contributed by atoms with Crippen molar-refractivity contribution in [1.29, 1.82) is 0 Å². The van der Waals surface area contributed by atoms with Crippen LogP contribution in [0, 0.1) is 0 Å². The number of nitrogens with two attached hydrogens (primary N) is 1. The van der Waals surface area contributed by atoms with Gasteiger partial charge >= 0.3 is 19.8 Å². The van der Waals surface area contributed by atoms with Crippen molar-refractivity contribution in [3.8, 4) is 0 Å². The second kappa shape index (κ2) is 37.7. The molecule has 0 aromatic heterocycles. The Morgan fingerprint density at radius 2 is 1.08 bits per heavy atom. The highest BCUT2D eigenvalue weighted by Crippen LogP contribution is 2.43. The van der Waals surface area contributed by atoms with Gasteiger partial charge in [0, 0.05) is 19.4 Å². The first kappa shape index (κ1) is 49.0. The molecular weight excluding hydrogens is 665 g/mol. The van der Waals surface area contributed by atoms with Crippen molar-refractivity contribution >= 4 is 19.8 Å². The Hall–Kier alpha value is -2.03. The van der Waals surface area contributed by atoms with Crippen LogP contribution in [0.1, 0.15) is 168 Å². The summed E-state index contributed by atoms with van der Waals surface area (Å²) in [6.45, 7) is 3.51. The Morgan fingerprint density at radius 1 is 0.608 bits per heavy atom. The Bertz CT molecular complexity index is 981. The third kappa shape index (κ3) is 37.5. The van der Waals surface area contributed by atoms with Gasteiger partial charge in [0.2, 0.25) is 0 Å². The zero-order chi connectivity index (χ0) is 37.5. The molecule has 0 aromatic carbocycles. The minimum Gasteiger partial charge on any atom is -0.462 e. The molecule has 0 saturated heterocycles. The highest BCUT2D eigenvalue weighted by Gasteiger charge is 2.25. The van der Waals surface area contributed by atoms with Gasteiger partial charge in [0.05, 0.1) is 13.2 Å². The molecule has 0 aliphatic heterocycles. The van der Waals surface area contributed by atoms with Crippen molar-refractivity contribution < 1.29 is 37.6 Å². The van der Waals surface area contributed by atoms with Crippen molar-refractivity contribution in [3.63, 3.8) is 0 Å². The smallest absolute Gasteiger partial charge is 0.462 e. The van der Waals surface area contributed by atoms with E-state index in [4.69, 9.17) is 24.3 Å².